The van der Waals surface area contributed by atoms with Crippen LogP contribution < -0.4 is 10.0 Å². The molecule has 0 aliphatic rings. The number of hydrogen-bond donors (Lipinski definition) is 2. The maximum absolute atomic E-state index is 13.0. The van der Waals surface area contributed by atoms with Crippen LogP contribution in [-0.4, -0.2) is 23.4 Å². The minimum absolute atomic E-state index is 0.202. The number of aryl methyl sites for hydroxylation is 1. The number of anilines is 3. The summed E-state index contributed by atoms with van der Waals surface area (Å²) in [5.74, 6) is 0.390. The Morgan fingerprint density at radius 2 is 1.56 bits per heavy atom. The summed E-state index contributed by atoms with van der Waals surface area (Å²) in [5.41, 5.74) is 3.46. The number of fused-ring (bicyclic) bond motifs is 1. The van der Waals surface area contributed by atoms with Gasteiger partial charge in [0.05, 0.1) is 22.0 Å². The molecule has 7 nitrogen and oxygen atoms in total. The fourth-order valence-corrected chi connectivity index (χ4v) is 4.65. The molecule has 0 atom stereocenters. The Morgan fingerprint density at radius 1 is 0.735 bits per heavy atom. The van der Waals surface area contributed by atoms with Crippen LogP contribution in [0.3, 0.4) is 0 Å². The molecule has 34 heavy (non-hydrogen) atoms. The molecule has 5 rings (SSSR count). The number of aromatic nitrogens is 3. The predicted molar refractivity (Wildman–Crippen MR) is 134 cm³/mol. The molecule has 3 aromatic carbocycles. The molecule has 2 aromatic heterocycles. The van der Waals surface area contributed by atoms with Crippen molar-refractivity contribution in [2.45, 2.75) is 11.8 Å². The van der Waals surface area contributed by atoms with Crippen LogP contribution in [0.5, 0.6) is 0 Å². The third-order valence-electron chi connectivity index (χ3n) is 5.35. The first kappa shape index (κ1) is 21.5. The first-order valence-electron chi connectivity index (χ1n) is 10.6. The van der Waals surface area contributed by atoms with Crippen molar-refractivity contribution >= 4 is 38.1 Å². The molecule has 0 bridgehead atoms. The van der Waals surface area contributed by atoms with Crippen LogP contribution in [-0.2, 0) is 10.0 Å². The number of hydrogen-bond acceptors (Lipinski definition) is 6. The Morgan fingerprint density at radius 3 is 2.38 bits per heavy atom. The van der Waals surface area contributed by atoms with E-state index >= 15 is 0 Å². The summed E-state index contributed by atoms with van der Waals surface area (Å²) in [6.45, 7) is 1.92. The fraction of sp³-hybridized carbons (Fsp3) is 0.0385. The van der Waals surface area contributed by atoms with Gasteiger partial charge in [-0.15, -0.1) is 0 Å². The van der Waals surface area contributed by atoms with E-state index in [9.17, 15) is 8.42 Å². The second kappa shape index (κ2) is 8.92. The third kappa shape index (κ3) is 4.57. The van der Waals surface area contributed by atoms with Gasteiger partial charge in [0.25, 0.3) is 10.0 Å². The van der Waals surface area contributed by atoms with Gasteiger partial charge in [-0.3, -0.25) is 9.71 Å². The number of rotatable bonds is 6. The second-order valence-corrected chi connectivity index (χ2v) is 9.43. The molecule has 0 aliphatic carbocycles. The Kier molecular flexibility index (Phi) is 5.65. The van der Waals surface area contributed by atoms with E-state index in [1.165, 1.54) is 0 Å². The molecule has 0 saturated heterocycles. The molecule has 5 aromatic rings. The average molecular weight is 468 g/mol. The predicted octanol–water partition coefficient (Wildman–Crippen LogP) is 5.54. The van der Waals surface area contributed by atoms with Crippen molar-refractivity contribution in [2.75, 3.05) is 10.0 Å². The zero-order valence-electron chi connectivity index (χ0n) is 18.3. The van der Waals surface area contributed by atoms with Gasteiger partial charge in [0.1, 0.15) is 0 Å². The van der Waals surface area contributed by atoms with E-state index in [4.69, 9.17) is 0 Å². The summed E-state index contributed by atoms with van der Waals surface area (Å²) in [5, 5.41) is 5.03. The van der Waals surface area contributed by atoms with E-state index in [0.717, 1.165) is 22.0 Å². The van der Waals surface area contributed by atoms with Gasteiger partial charge in [-0.1, -0.05) is 42.5 Å². The van der Waals surface area contributed by atoms with Gasteiger partial charge in [0.2, 0.25) is 5.95 Å². The van der Waals surface area contributed by atoms with Crippen molar-refractivity contribution in [3.63, 3.8) is 0 Å². The van der Waals surface area contributed by atoms with Crippen LogP contribution in [0.1, 0.15) is 5.56 Å². The lowest BCUT2D eigenvalue weighted by Crippen LogP contribution is -2.13. The lowest BCUT2D eigenvalue weighted by Gasteiger charge is -2.13. The van der Waals surface area contributed by atoms with Crippen molar-refractivity contribution in [3.8, 4) is 11.4 Å². The monoisotopic (exact) mass is 467 g/mol. The highest BCUT2D eigenvalue weighted by molar-refractivity contribution is 7.92. The molecule has 2 N–H and O–H groups in total. The van der Waals surface area contributed by atoms with Gasteiger partial charge in [-0.25, -0.2) is 18.4 Å². The Balaban J connectivity index is 1.40. The lowest BCUT2D eigenvalue weighted by molar-refractivity contribution is 0.601. The maximum Gasteiger partial charge on any atom is 0.261 e. The molecule has 168 valence electrons. The zero-order valence-corrected chi connectivity index (χ0v) is 19.1. The standard InChI is InChI=1S/C26H21N5O2S/c1-18-9-11-21(31-34(32,33)22-12-10-19-6-2-3-7-20(19)16-22)17-25(18)30-26-28-15-13-24(29-26)23-8-4-5-14-27-23/h2-17,31H,1H3,(H,28,29,30). The molecular formula is C26H21N5O2S. The molecule has 8 heteroatoms. The highest BCUT2D eigenvalue weighted by Crippen LogP contribution is 2.26. The first-order valence-corrected chi connectivity index (χ1v) is 12.1. The number of pyridine rings is 1. The van der Waals surface area contributed by atoms with Crippen molar-refractivity contribution < 1.29 is 8.42 Å². The van der Waals surface area contributed by atoms with Gasteiger partial charge in [0.15, 0.2) is 0 Å². The number of nitrogens with zero attached hydrogens (tertiary/aromatic N) is 3. The topological polar surface area (TPSA) is 96.9 Å². The summed E-state index contributed by atoms with van der Waals surface area (Å²) in [6, 6.07) is 25.4. The Bertz CT molecular complexity index is 1590. The Labute approximate surface area is 197 Å². The van der Waals surface area contributed by atoms with Crippen molar-refractivity contribution in [3.05, 3.63) is 103 Å². The smallest absolute Gasteiger partial charge is 0.261 e. The minimum atomic E-state index is -3.77. The van der Waals surface area contributed by atoms with Gasteiger partial charge < -0.3 is 5.32 Å². The largest absolute Gasteiger partial charge is 0.324 e. The summed E-state index contributed by atoms with van der Waals surface area (Å²) in [6.07, 6.45) is 3.36. The maximum atomic E-state index is 13.0. The summed E-state index contributed by atoms with van der Waals surface area (Å²) in [4.78, 5) is 13.4. The summed E-state index contributed by atoms with van der Waals surface area (Å²) >= 11 is 0. The van der Waals surface area contributed by atoms with E-state index in [1.807, 2.05) is 55.5 Å². The average Bonchev–Trinajstić information content (AvgIpc) is 2.86. The van der Waals surface area contributed by atoms with Gasteiger partial charge in [-0.05, 0) is 65.7 Å². The molecular weight excluding hydrogens is 446 g/mol. The molecule has 0 spiro atoms. The Hall–Kier alpha value is -4.30. The van der Waals surface area contributed by atoms with Gasteiger partial charge in [-0.2, -0.15) is 0 Å². The molecule has 2 heterocycles. The second-order valence-electron chi connectivity index (χ2n) is 7.75. The normalized spacial score (nSPS) is 11.3. The number of nitrogens with one attached hydrogen (secondary N) is 2. The SMILES string of the molecule is Cc1ccc(NS(=O)(=O)c2ccc3ccccc3c2)cc1Nc1nccc(-c2ccccn2)n1. The number of benzene rings is 3. The highest BCUT2D eigenvalue weighted by atomic mass is 32.2. The molecule has 0 saturated carbocycles. The summed E-state index contributed by atoms with van der Waals surface area (Å²) < 4.78 is 28.7. The van der Waals surface area contributed by atoms with Crippen LogP contribution in [0.2, 0.25) is 0 Å². The van der Waals surface area contributed by atoms with E-state index < -0.39 is 10.0 Å². The van der Waals surface area contributed by atoms with Crippen LogP contribution >= 0.6 is 0 Å². The zero-order chi connectivity index (χ0) is 23.5. The van der Waals surface area contributed by atoms with Crippen LogP contribution in [0, 0.1) is 6.92 Å². The molecule has 0 amide bonds. The van der Waals surface area contributed by atoms with Crippen molar-refractivity contribution in [2.24, 2.45) is 0 Å². The van der Waals surface area contributed by atoms with Gasteiger partial charge >= 0.3 is 0 Å². The lowest BCUT2D eigenvalue weighted by atomic mass is 10.1. The minimum Gasteiger partial charge on any atom is -0.324 e. The van der Waals surface area contributed by atoms with Crippen LogP contribution in [0.4, 0.5) is 17.3 Å². The van der Waals surface area contributed by atoms with E-state index in [-0.39, 0.29) is 4.90 Å². The molecule has 0 unspecified atom stereocenters. The van der Waals surface area contributed by atoms with Crippen molar-refractivity contribution in [1.29, 1.82) is 0 Å². The van der Waals surface area contributed by atoms with Crippen LogP contribution in [0.25, 0.3) is 22.2 Å². The van der Waals surface area contributed by atoms with E-state index in [0.29, 0.717) is 23.0 Å². The molecule has 0 aliphatic heterocycles. The quantitative estimate of drug-likeness (QED) is 0.340. The first-order chi connectivity index (χ1) is 16.5. The highest BCUT2D eigenvalue weighted by Gasteiger charge is 2.16. The molecule has 0 fully saturated rings. The van der Waals surface area contributed by atoms with E-state index in [2.05, 4.69) is 25.0 Å². The molecule has 0 radical (unpaired) electrons. The van der Waals surface area contributed by atoms with E-state index in [1.54, 1.807) is 48.8 Å². The van der Waals surface area contributed by atoms with Crippen molar-refractivity contribution in [1.82, 2.24) is 15.0 Å². The number of sulfonamides is 1. The van der Waals surface area contributed by atoms with Crippen LogP contribution in [0.15, 0.2) is 102 Å². The fourth-order valence-electron chi connectivity index (χ4n) is 3.57. The van der Waals surface area contributed by atoms with Gasteiger partial charge in [0, 0.05) is 18.1 Å². The summed E-state index contributed by atoms with van der Waals surface area (Å²) in [7, 11) is -3.77. The third-order valence-corrected chi connectivity index (χ3v) is 6.73.